The lowest BCUT2D eigenvalue weighted by Gasteiger charge is -2.40. The summed E-state index contributed by atoms with van der Waals surface area (Å²) in [7, 11) is 0. The van der Waals surface area contributed by atoms with Crippen molar-refractivity contribution in [3.63, 3.8) is 0 Å². The van der Waals surface area contributed by atoms with E-state index < -0.39 is 0 Å². The SMILES string of the molecule is O=C1CCc2ccccc2N1CCCCN1CCN(C2CCCCC2)CC1. The molecular weight excluding hydrogens is 334 g/mol. The monoisotopic (exact) mass is 369 g/mol. The first kappa shape index (κ1) is 18.9. The Labute approximate surface area is 164 Å². The van der Waals surface area contributed by atoms with Crippen LogP contribution in [0, 0.1) is 0 Å². The normalized spacial score (nSPS) is 22.8. The fourth-order valence-electron chi connectivity index (χ4n) is 5.15. The lowest BCUT2D eigenvalue weighted by molar-refractivity contribution is -0.118. The summed E-state index contributed by atoms with van der Waals surface area (Å²) in [6.45, 7) is 7.01. The van der Waals surface area contributed by atoms with Gasteiger partial charge in [0, 0.05) is 50.9 Å². The topological polar surface area (TPSA) is 26.8 Å². The molecule has 1 aliphatic carbocycles. The maximum atomic E-state index is 12.3. The molecule has 1 aromatic carbocycles. The minimum Gasteiger partial charge on any atom is -0.312 e. The number of unbranched alkanes of at least 4 members (excludes halogenated alkanes) is 1. The number of anilines is 1. The first-order valence-electron chi connectivity index (χ1n) is 11.2. The molecule has 1 saturated heterocycles. The number of rotatable bonds is 6. The molecule has 27 heavy (non-hydrogen) atoms. The van der Waals surface area contributed by atoms with Crippen LogP contribution in [-0.4, -0.2) is 61.0 Å². The minimum atomic E-state index is 0.301. The quantitative estimate of drug-likeness (QED) is 0.716. The first-order chi connectivity index (χ1) is 13.3. The summed E-state index contributed by atoms with van der Waals surface area (Å²) in [4.78, 5) is 19.8. The molecule has 4 heteroatoms. The summed E-state index contributed by atoms with van der Waals surface area (Å²) in [5.74, 6) is 0.301. The Morgan fingerprint density at radius 3 is 2.41 bits per heavy atom. The summed E-state index contributed by atoms with van der Waals surface area (Å²) in [6.07, 6.45) is 11.0. The molecule has 2 heterocycles. The number of aryl methyl sites for hydroxylation is 1. The fourth-order valence-corrected chi connectivity index (χ4v) is 5.15. The van der Waals surface area contributed by atoms with Crippen LogP contribution >= 0.6 is 0 Å². The van der Waals surface area contributed by atoms with Gasteiger partial charge in [0.05, 0.1) is 0 Å². The number of piperazine rings is 1. The molecule has 0 atom stereocenters. The second-order valence-corrected chi connectivity index (χ2v) is 8.55. The third-order valence-electron chi connectivity index (χ3n) is 6.80. The second-order valence-electron chi connectivity index (χ2n) is 8.55. The number of fused-ring (bicyclic) bond motifs is 1. The molecule has 0 radical (unpaired) electrons. The van der Waals surface area contributed by atoms with Crippen molar-refractivity contribution in [3.05, 3.63) is 29.8 Å². The highest BCUT2D eigenvalue weighted by molar-refractivity contribution is 5.96. The summed E-state index contributed by atoms with van der Waals surface area (Å²) >= 11 is 0. The highest BCUT2D eigenvalue weighted by Gasteiger charge is 2.25. The Bertz CT molecular complexity index is 618. The van der Waals surface area contributed by atoms with Gasteiger partial charge in [0.2, 0.25) is 5.91 Å². The number of para-hydroxylation sites is 1. The molecule has 4 nitrogen and oxygen atoms in total. The van der Waals surface area contributed by atoms with Crippen molar-refractivity contribution in [1.82, 2.24) is 9.80 Å². The largest absolute Gasteiger partial charge is 0.312 e. The van der Waals surface area contributed by atoms with Gasteiger partial charge in [0.15, 0.2) is 0 Å². The van der Waals surface area contributed by atoms with E-state index in [1.54, 1.807) is 0 Å². The highest BCUT2D eigenvalue weighted by Crippen LogP contribution is 2.28. The van der Waals surface area contributed by atoms with Gasteiger partial charge in [-0.15, -0.1) is 0 Å². The Kier molecular flexibility index (Phi) is 6.46. The highest BCUT2D eigenvalue weighted by atomic mass is 16.2. The Morgan fingerprint density at radius 2 is 1.59 bits per heavy atom. The molecule has 1 saturated carbocycles. The van der Waals surface area contributed by atoms with Crippen LogP contribution in [0.15, 0.2) is 24.3 Å². The molecule has 148 valence electrons. The number of carbonyl (C=O) groups excluding carboxylic acids is 1. The van der Waals surface area contributed by atoms with E-state index in [0.29, 0.717) is 12.3 Å². The van der Waals surface area contributed by atoms with Crippen molar-refractivity contribution < 1.29 is 4.79 Å². The van der Waals surface area contributed by atoms with Gasteiger partial charge in [-0.3, -0.25) is 9.69 Å². The molecule has 3 aliphatic rings. The van der Waals surface area contributed by atoms with E-state index in [1.165, 1.54) is 76.8 Å². The number of hydrogen-bond acceptors (Lipinski definition) is 3. The Balaban J connectivity index is 1.17. The van der Waals surface area contributed by atoms with Crippen LogP contribution in [0.1, 0.15) is 56.9 Å². The lowest BCUT2D eigenvalue weighted by atomic mass is 9.94. The van der Waals surface area contributed by atoms with E-state index in [1.807, 2.05) is 4.90 Å². The third-order valence-corrected chi connectivity index (χ3v) is 6.80. The summed E-state index contributed by atoms with van der Waals surface area (Å²) < 4.78 is 0. The van der Waals surface area contributed by atoms with Crippen LogP contribution in [0.4, 0.5) is 5.69 Å². The van der Waals surface area contributed by atoms with Crippen LogP contribution < -0.4 is 4.90 Å². The molecule has 0 spiro atoms. The van der Waals surface area contributed by atoms with Gasteiger partial charge in [-0.25, -0.2) is 0 Å². The Morgan fingerprint density at radius 1 is 0.852 bits per heavy atom. The zero-order chi connectivity index (χ0) is 18.5. The van der Waals surface area contributed by atoms with Gasteiger partial charge < -0.3 is 9.80 Å². The Hall–Kier alpha value is -1.39. The molecule has 0 unspecified atom stereocenters. The number of benzene rings is 1. The van der Waals surface area contributed by atoms with Crippen LogP contribution in [0.25, 0.3) is 0 Å². The van der Waals surface area contributed by atoms with E-state index in [9.17, 15) is 4.79 Å². The van der Waals surface area contributed by atoms with Gasteiger partial charge in [-0.1, -0.05) is 37.5 Å². The predicted molar refractivity (Wildman–Crippen MR) is 111 cm³/mol. The number of nitrogens with zero attached hydrogens (tertiary/aromatic N) is 3. The van der Waals surface area contributed by atoms with E-state index >= 15 is 0 Å². The summed E-state index contributed by atoms with van der Waals surface area (Å²) in [5.41, 5.74) is 2.48. The van der Waals surface area contributed by atoms with Gasteiger partial charge >= 0.3 is 0 Å². The molecule has 4 rings (SSSR count). The third kappa shape index (κ3) is 4.72. The van der Waals surface area contributed by atoms with Crippen molar-refractivity contribution in [3.8, 4) is 0 Å². The summed E-state index contributed by atoms with van der Waals surface area (Å²) in [5, 5.41) is 0. The van der Waals surface area contributed by atoms with E-state index in [2.05, 4.69) is 34.1 Å². The molecular formula is C23H35N3O. The molecule has 2 aliphatic heterocycles. The van der Waals surface area contributed by atoms with Crippen molar-refractivity contribution >= 4 is 11.6 Å². The molecule has 2 fully saturated rings. The van der Waals surface area contributed by atoms with Crippen molar-refractivity contribution in [2.45, 2.75) is 63.8 Å². The average Bonchev–Trinajstić information content (AvgIpc) is 2.73. The zero-order valence-corrected chi connectivity index (χ0v) is 16.7. The average molecular weight is 370 g/mol. The maximum Gasteiger partial charge on any atom is 0.227 e. The van der Waals surface area contributed by atoms with Crippen molar-refractivity contribution in [1.29, 1.82) is 0 Å². The molecule has 0 N–H and O–H groups in total. The van der Waals surface area contributed by atoms with Gasteiger partial charge in [-0.05, 0) is 50.3 Å². The van der Waals surface area contributed by atoms with Gasteiger partial charge in [-0.2, -0.15) is 0 Å². The predicted octanol–water partition coefficient (Wildman–Crippen LogP) is 3.70. The van der Waals surface area contributed by atoms with Crippen LogP contribution in [0.5, 0.6) is 0 Å². The zero-order valence-electron chi connectivity index (χ0n) is 16.7. The van der Waals surface area contributed by atoms with Crippen LogP contribution in [0.2, 0.25) is 0 Å². The van der Waals surface area contributed by atoms with E-state index in [0.717, 1.165) is 31.1 Å². The van der Waals surface area contributed by atoms with Crippen LogP contribution in [-0.2, 0) is 11.2 Å². The number of amides is 1. The molecule has 0 aromatic heterocycles. The van der Waals surface area contributed by atoms with Crippen LogP contribution in [0.3, 0.4) is 0 Å². The number of hydrogen-bond donors (Lipinski definition) is 0. The first-order valence-corrected chi connectivity index (χ1v) is 11.2. The van der Waals surface area contributed by atoms with Crippen molar-refractivity contribution in [2.24, 2.45) is 0 Å². The second kappa shape index (κ2) is 9.20. The maximum absolute atomic E-state index is 12.3. The summed E-state index contributed by atoms with van der Waals surface area (Å²) in [6, 6.07) is 9.28. The van der Waals surface area contributed by atoms with E-state index in [-0.39, 0.29) is 0 Å². The van der Waals surface area contributed by atoms with Gasteiger partial charge in [0.25, 0.3) is 0 Å². The molecule has 1 amide bonds. The van der Waals surface area contributed by atoms with E-state index in [4.69, 9.17) is 0 Å². The lowest BCUT2D eigenvalue weighted by Crippen LogP contribution is -2.50. The number of carbonyl (C=O) groups is 1. The van der Waals surface area contributed by atoms with Gasteiger partial charge in [0.1, 0.15) is 0 Å². The van der Waals surface area contributed by atoms with Crippen molar-refractivity contribution in [2.75, 3.05) is 44.2 Å². The minimum absolute atomic E-state index is 0.301. The molecule has 0 bridgehead atoms. The fraction of sp³-hybridized carbons (Fsp3) is 0.696. The molecule has 1 aromatic rings. The standard InChI is InChI=1S/C23H35N3O/c27-23-13-12-20-8-4-5-11-22(20)26(23)15-7-6-14-24-16-18-25(19-17-24)21-9-2-1-3-10-21/h4-5,8,11,21H,1-3,6-7,9-10,12-19H2. The smallest absolute Gasteiger partial charge is 0.227 e.